The van der Waals surface area contributed by atoms with Crippen LogP contribution in [0.15, 0.2) is 30.9 Å². The van der Waals surface area contributed by atoms with Gasteiger partial charge < -0.3 is 4.74 Å². The Balaban J connectivity index is 2.32. The summed E-state index contributed by atoms with van der Waals surface area (Å²) < 4.78 is 6.66. The van der Waals surface area contributed by atoms with Crippen molar-refractivity contribution in [1.82, 2.24) is 14.8 Å². The molecule has 0 fully saturated rings. The van der Waals surface area contributed by atoms with Crippen LogP contribution >= 0.6 is 23.2 Å². The molecule has 5 nitrogen and oxygen atoms in total. The predicted molar refractivity (Wildman–Crippen MR) is 75.9 cm³/mol. The Morgan fingerprint density at radius 2 is 2.25 bits per heavy atom. The Kier molecular flexibility index (Phi) is 4.98. The van der Waals surface area contributed by atoms with Gasteiger partial charge in [0.05, 0.1) is 13.2 Å². The van der Waals surface area contributed by atoms with Crippen LogP contribution in [0.25, 0.3) is 0 Å². The van der Waals surface area contributed by atoms with Crippen LogP contribution in [0.4, 0.5) is 0 Å². The second-order valence-electron chi connectivity index (χ2n) is 4.09. The molecule has 106 valence electrons. The number of halogens is 2. The number of carbonyl (C=O) groups is 1. The summed E-state index contributed by atoms with van der Waals surface area (Å²) in [5, 5.41) is 4.94. The molecule has 0 bridgehead atoms. The lowest BCUT2D eigenvalue weighted by Crippen LogP contribution is -2.21. The highest BCUT2D eigenvalue weighted by molar-refractivity contribution is 6.35. The van der Waals surface area contributed by atoms with Gasteiger partial charge in [-0.15, -0.1) is 0 Å². The Hall–Kier alpha value is -1.59. The van der Waals surface area contributed by atoms with Crippen molar-refractivity contribution in [2.24, 2.45) is 0 Å². The summed E-state index contributed by atoms with van der Waals surface area (Å²) in [6.45, 7) is 2.37. The van der Waals surface area contributed by atoms with Crippen LogP contribution in [-0.4, -0.2) is 27.3 Å². The van der Waals surface area contributed by atoms with Crippen LogP contribution in [0.2, 0.25) is 10.0 Å². The van der Waals surface area contributed by atoms with Crippen molar-refractivity contribution in [3.63, 3.8) is 0 Å². The van der Waals surface area contributed by atoms with E-state index in [9.17, 15) is 4.79 Å². The molecular weight excluding hydrogens is 301 g/mol. The van der Waals surface area contributed by atoms with Gasteiger partial charge >= 0.3 is 5.97 Å². The van der Waals surface area contributed by atoms with Gasteiger partial charge in [0.2, 0.25) is 0 Å². The summed E-state index contributed by atoms with van der Waals surface area (Å²) in [4.78, 5) is 16.0. The number of esters is 1. The minimum atomic E-state index is -0.554. The molecule has 2 aromatic rings. The van der Waals surface area contributed by atoms with Gasteiger partial charge in [0, 0.05) is 10.0 Å². The zero-order chi connectivity index (χ0) is 14.5. The summed E-state index contributed by atoms with van der Waals surface area (Å²) in [5.74, 6) is -0.909. The lowest BCUT2D eigenvalue weighted by atomic mass is 9.99. The maximum Gasteiger partial charge on any atom is 0.315 e. The average molecular weight is 314 g/mol. The summed E-state index contributed by atoms with van der Waals surface area (Å²) >= 11 is 12.0. The van der Waals surface area contributed by atoms with Crippen LogP contribution in [0.3, 0.4) is 0 Å². The maximum atomic E-state index is 12.1. The largest absolute Gasteiger partial charge is 0.465 e. The quantitative estimate of drug-likeness (QED) is 0.796. The van der Waals surface area contributed by atoms with Crippen LogP contribution in [0.5, 0.6) is 0 Å². The molecule has 0 spiro atoms. The molecular formula is C13H13Cl2N3O2. The van der Waals surface area contributed by atoms with Crippen molar-refractivity contribution in [3.05, 3.63) is 46.5 Å². The van der Waals surface area contributed by atoms with Gasteiger partial charge in [-0.2, -0.15) is 5.10 Å². The van der Waals surface area contributed by atoms with E-state index in [0.29, 0.717) is 28.8 Å². The molecule has 0 radical (unpaired) electrons. The molecule has 0 saturated carbocycles. The van der Waals surface area contributed by atoms with Gasteiger partial charge in [-0.1, -0.05) is 29.3 Å². The molecule has 0 aliphatic heterocycles. The molecule has 1 aromatic heterocycles. The first-order valence-corrected chi connectivity index (χ1v) is 6.81. The van der Waals surface area contributed by atoms with Gasteiger partial charge in [0.1, 0.15) is 18.6 Å². The smallest absolute Gasteiger partial charge is 0.315 e. The zero-order valence-corrected chi connectivity index (χ0v) is 12.3. The second kappa shape index (κ2) is 6.72. The molecule has 2 rings (SSSR count). The zero-order valence-electron chi connectivity index (χ0n) is 10.8. The minimum Gasteiger partial charge on any atom is -0.465 e. The molecule has 0 N–H and O–H groups in total. The van der Waals surface area contributed by atoms with E-state index in [2.05, 4.69) is 10.1 Å². The SMILES string of the molecule is CCOC(=O)C(Cn1cncn1)c1ccc(Cl)cc1Cl. The topological polar surface area (TPSA) is 57.0 Å². The first-order valence-electron chi connectivity index (χ1n) is 6.05. The van der Waals surface area contributed by atoms with Crippen molar-refractivity contribution in [1.29, 1.82) is 0 Å². The third-order valence-electron chi connectivity index (χ3n) is 2.75. The highest BCUT2D eigenvalue weighted by atomic mass is 35.5. The number of carbonyl (C=O) groups excluding carboxylic acids is 1. The summed E-state index contributed by atoms with van der Waals surface area (Å²) in [6, 6.07) is 5.02. The van der Waals surface area contributed by atoms with Crippen molar-refractivity contribution in [2.75, 3.05) is 6.61 Å². The summed E-state index contributed by atoms with van der Waals surface area (Å²) in [5.41, 5.74) is 0.657. The molecule has 0 aliphatic carbocycles. The Morgan fingerprint density at radius 3 is 2.85 bits per heavy atom. The van der Waals surface area contributed by atoms with Crippen LogP contribution in [0.1, 0.15) is 18.4 Å². The van der Waals surface area contributed by atoms with Crippen molar-refractivity contribution in [3.8, 4) is 0 Å². The van der Waals surface area contributed by atoms with Crippen LogP contribution in [0, 0.1) is 0 Å². The lowest BCUT2D eigenvalue weighted by molar-refractivity contribution is -0.145. The summed E-state index contributed by atoms with van der Waals surface area (Å²) in [7, 11) is 0. The first kappa shape index (κ1) is 14.8. The number of ether oxygens (including phenoxy) is 1. The lowest BCUT2D eigenvalue weighted by Gasteiger charge is -2.17. The average Bonchev–Trinajstić information content (AvgIpc) is 2.90. The highest BCUT2D eigenvalue weighted by Crippen LogP contribution is 2.29. The first-order chi connectivity index (χ1) is 9.61. The standard InChI is InChI=1S/C13H13Cl2N3O2/c1-2-20-13(19)11(6-18-8-16-7-17-18)10-4-3-9(14)5-12(10)15/h3-5,7-8,11H,2,6H2,1H3. The van der Waals surface area contributed by atoms with Crippen LogP contribution < -0.4 is 0 Å². The molecule has 0 amide bonds. The molecule has 1 atom stereocenters. The number of hydrogen-bond acceptors (Lipinski definition) is 4. The van der Waals surface area contributed by atoms with Crippen molar-refractivity contribution in [2.45, 2.75) is 19.4 Å². The fraction of sp³-hybridized carbons (Fsp3) is 0.308. The monoisotopic (exact) mass is 313 g/mol. The van der Waals surface area contributed by atoms with E-state index < -0.39 is 5.92 Å². The number of rotatable bonds is 5. The maximum absolute atomic E-state index is 12.1. The number of nitrogens with zero attached hydrogens (tertiary/aromatic N) is 3. The normalized spacial score (nSPS) is 12.2. The molecule has 1 unspecified atom stereocenters. The van der Waals surface area contributed by atoms with Crippen molar-refractivity contribution < 1.29 is 9.53 Å². The fourth-order valence-corrected chi connectivity index (χ4v) is 2.38. The third kappa shape index (κ3) is 3.49. The number of aromatic nitrogens is 3. The minimum absolute atomic E-state index is 0.303. The van der Waals surface area contributed by atoms with E-state index in [4.69, 9.17) is 27.9 Å². The van der Waals surface area contributed by atoms with E-state index in [0.717, 1.165) is 0 Å². The highest BCUT2D eigenvalue weighted by Gasteiger charge is 2.25. The van der Waals surface area contributed by atoms with Gasteiger partial charge in [-0.25, -0.2) is 4.98 Å². The van der Waals surface area contributed by atoms with Crippen molar-refractivity contribution >= 4 is 29.2 Å². The summed E-state index contributed by atoms with van der Waals surface area (Å²) in [6.07, 6.45) is 2.95. The molecule has 7 heteroatoms. The number of hydrogen-bond donors (Lipinski definition) is 0. The molecule has 1 aromatic carbocycles. The molecule has 20 heavy (non-hydrogen) atoms. The van der Waals surface area contributed by atoms with E-state index >= 15 is 0 Å². The molecule has 1 heterocycles. The molecule has 0 saturated heterocycles. The van der Waals surface area contributed by atoms with Gasteiger partial charge in [0.15, 0.2) is 0 Å². The second-order valence-corrected chi connectivity index (χ2v) is 4.93. The van der Waals surface area contributed by atoms with Crippen LogP contribution in [-0.2, 0) is 16.1 Å². The van der Waals surface area contributed by atoms with Gasteiger partial charge in [-0.05, 0) is 24.6 Å². The third-order valence-corrected chi connectivity index (χ3v) is 3.31. The Bertz CT molecular complexity index is 587. The Labute approximate surface area is 126 Å². The Morgan fingerprint density at radius 1 is 1.45 bits per heavy atom. The van der Waals surface area contributed by atoms with Gasteiger partial charge in [-0.3, -0.25) is 9.48 Å². The predicted octanol–water partition coefficient (Wildman–Crippen LogP) is 2.93. The molecule has 0 aliphatic rings. The van der Waals surface area contributed by atoms with E-state index in [1.807, 2.05) is 0 Å². The number of benzene rings is 1. The van der Waals surface area contributed by atoms with E-state index in [1.54, 1.807) is 29.8 Å². The van der Waals surface area contributed by atoms with E-state index in [1.165, 1.54) is 12.7 Å². The van der Waals surface area contributed by atoms with E-state index in [-0.39, 0.29) is 5.97 Å². The van der Waals surface area contributed by atoms with Gasteiger partial charge in [0.25, 0.3) is 0 Å². The fourth-order valence-electron chi connectivity index (χ4n) is 1.84.